The molecular formula is C13H12N4S. The molecule has 1 N–H and O–H groups in total. The van der Waals surface area contributed by atoms with E-state index in [-0.39, 0.29) is 0 Å². The number of nitrogens with one attached hydrogen (secondary N) is 1. The summed E-state index contributed by atoms with van der Waals surface area (Å²) < 4.78 is 3.83. The van der Waals surface area contributed by atoms with Crippen molar-refractivity contribution in [2.24, 2.45) is 0 Å². The minimum absolute atomic E-state index is 0.758. The fourth-order valence-corrected chi connectivity index (χ4v) is 2.38. The molecule has 2 aromatic heterocycles. The lowest BCUT2D eigenvalue weighted by atomic mass is 10.1. The molecule has 0 fully saturated rings. The van der Waals surface area contributed by atoms with E-state index in [2.05, 4.69) is 32.0 Å². The molecule has 0 unspecified atom stereocenters. The number of pyridine rings is 1. The number of para-hydroxylation sites is 1. The van der Waals surface area contributed by atoms with Gasteiger partial charge in [0.2, 0.25) is 0 Å². The van der Waals surface area contributed by atoms with Crippen molar-refractivity contribution < 1.29 is 0 Å². The van der Waals surface area contributed by atoms with Gasteiger partial charge in [-0.15, -0.1) is 5.10 Å². The average molecular weight is 256 g/mol. The van der Waals surface area contributed by atoms with Gasteiger partial charge in [0.25, 0.3) is 0 Å². The highest BCUT2D eigenvalue weighted by Crippen LogP contribution is 2.20. The molecule has 5 heteroatoms. The summed E-state index contributed by atoms with van der Waals surface area (Å²) in [6.07, 6.45) is 1.74. The number of nitrogens with zero attached hydrogens (tertiary/aromatic N) is 3. The lowest BCUT2D eigenvalue weighted by Gasteiger charge is -2.08. The van der Waals surface area contributed by atoms with E-state index in [9.17, 15) is 0 Å². The standard InChI is InChI=1S/C13H12N4S/c1-9-6-10(7-14-13-8-15-17-18-13)11-4-2-3-5-12(11)16-9/h2-6,8,14H,7H2,1H3. The Hall–Kier alpha value is -2.01. The maximum Gasteiger partial charge on any atom is 0.130 e. The average Bonchev–Trinajstić information content (AvgIpc) is 2.89. The Morgan fingerprint density at radius 2 is 2.17 bits per heavy atom. The molecule has 1 aromatic carbocycles. The highest BCUT2D eigenvalue weighted by atomic mass is 32.1. The Morgan fingerprint density at radius 3 is 3.00 bits per heavy atom. The molecule has 90 valence electrons. The van der Waals surface area contributed by atoms with E-state index in [1.54, 1.807) is 6.20 Å². The van der Waals surface area contributed by atoms with Crippen molar-refractivity contribution in [2.75, 3.05) is 5.32 Å². The largest absolute Gasteiger partial charge is 0.370 e. The van der Waals surface area contributed by atoms with Gasteiger partial charge in [0.1, 0.15) is 5.00 Å². The molecule has 0 aliphatic rings. The molecule has 4 nitrogen and oxygen atoms in total. The van der Waals surface area contributed by atoms with Crippen molar-refractivity contribution in [1.82, 2.24) is 14.6 Å². The van der Waals surface area contributed by atoms with E-state index >= 15 is 0 Å². The molecular weight excluding hydrogens is 244 g/mol. The second-order valence-electron chi connectivity index (χ2n) is 4.08. The van der Waals surface area contributed by atoms with Crippen LogP contribution in [0.5, 0.6) is 0 Å². The number of fused-ring (bicyclic) bond motifs is 1. The fourth-order valence-electron chi connectivity index (χ4n) is 1.97. The first-order chi connectivity index (χ1) is 8.83. The number of anilines is 1. The highest BCUT2D eigenvalue weighted by Gasteiger charge is 2.04. The maximum atomic E-state index is 4.53. The van der Waals surface area contributed by atoms with E-state index in [0.717, 1.165) is 22.8 Å². The Kier molecular flexibility index (Phi) is 2.90. The molecule has 0 amide bonds. The monoisotopic (exact) mass is 256 g/mol. The number of benzene rings is 1. The second-order valence-corrected chi connectivity index (χ2v) is 4.86. The van der Waals surface area contributed by atoms with Gasteiger partial charge in [-0.2, -0.15) is 0 Å². The zero-order valence-electron chi connectivity index (χ0n) is 9.92. The van der Waals surface area contributed by atoms with Crippen LogP contribution in [0, 0.1) is 6.92 Å². The van der Waals surface area contributed by atoms with Gasteiger partial charge < -0.3 is 5.32 Å². The van der Waals surface area contributed by atoms with Gasteiger partial charge >= 0.3 is 0 Å². The third kappa shape index (κ3) is 2.17. The second kappa shape index (κ2) is 4.70. The smallest absolute Gasteiger partial charge is 0.130 e. The predicted octanol–water partition coefficient (Wildman–Crippen LogP) is 3.01. The molecule has 0 radical (unpaired) electrons. The predicted molar refractivity (Wildman–Crippen MR) is 73.7 cm³/mol. The lowest BCUT2D eigenvalue weighted by Crippen LogP contribution is -2.00. The minimum atomic E-state index is 0.758. The van der Waals surface area contributed by atoms with Gasteiger partial charge in [-0.1, -0.05) is 22.7 Å². The topological polar surface area (TPSA) is 50.7 Å². The molecule has 0 aliphatic heterocycles. The molecule has 0 saturated carbocycles. The summed E-state index contributed by atoms with van der Waals surface area (Å²) in [7, 11) is 0. The van der Waals surface area contributed by atoms with Crippen LogP contribution in [-0.2, 0) is 6.54 Å². The van der Waals surface area contributed by atoms with Crippen LogP contribution in [-0.4, -0.2) is 14.6 Å². The van der Waals surface area contributed by atoms with Crippen molar-refractivity contribution in [1.29, 1.82) is 0 Å². The van der Waals surface area contributed by atoms with Crippen LogP contribution in [0.1, 0.15) is 11.3 Å². The molecule has 3 rings (SSSR count). The van der Waals surface area contributed by atoms with E-state index < -0.39 is 0 Å². The molecule has 3 aromatic rings. The van der Waals surface area contributed by atoms with Crippen molar-refractivity contribution in [3.05, 3.63) is 47.8 Å². The van der Waals surface area contributed by atoms with Gasteiger partial charge in [-0.25, -0.2) is 0 Å². The highest BCUT2D eigenvalue weighted by molar-refractivity contribution is 7.09. The van der Waals surface area contributed by atoms with Crippen LogP contribution in [0.15, 0.2) is 36.5 Å². The molecule has 0 saturated heterocycles. The van der Waals surface area contributed by atoms with E-state index in [4.69, 9.17) is 0 Å². The lowest BCUT2D eigenvalue weighted by molar-refractivity contribution is 1.13. The van der Waals surface area contributed by atoms with Crippen LogP contribution in [0.4, 0.5) is 5.00 Å². The van der Waals surface area contributed by atoms with Gasteiger partial charge in [0.15, 0.2) is 0 Å². The van der Waals surface area contributed by atoms with Gasteiger partial charge in [0, 0.05) is 29.2 Å². The van der Waals surface area contributed by atoms with Crippen LogP contribution < -0.4 is 5.32 Å². The SMILES string of the molecule is Cc1cc(CNc2cnns2)c2ccccc2n1. The molecule has 0 atom stereocenters. The Bertz CT molecular complexity index is 664. The van der Waals surface area contributed by atoms with Crippen LogP contribution in [0.25, 0.3) is 10.9 Å². The number of hydrogen-bond acceptors (Lipinski definition) is 5. The van der Waals surface area contributed by atoms with Crippen molar-refractivity contribution in [3.8, 4) is 0 Å². The zero-order chi connectivity index (χ0) is 12.4. The summed E-state index contributed by atoms with van der Waals surface area (Å²) in [6.45, 7) is 2.78. The molecule has 0 spiro atoms. The van der Waals surface area contributed by atoms with Crippen LogP contribution in [0.3, 0.4) is 0 Å². The molecule has 2 heterocycles. The third-order valence-corrected chi connectivity index (χ3v) is 3.37. The van der Waals surface area contributed by atoms with Gasteiger partial charge in [-0.3, -0.25) is 4.98 Å². The summed E-state index contributed by atoms with van der Waals surface area (Å²) in [5.41, 5.74) is 3.32. The zero-order valence-corrected chi connectivity index (χ0v) is 10.7. The van der Waals surface area contributed by atoms with Crippen molar-refractivity contribution >= 4 is 27.4 Å². The third-order valence-electron chi connectivity index (χ3n) is 2.74. The fraction of sp³-hybridized carbons (Fsp3) is 0.154. The summed E-state index contributed by atoms with van der Waals surface area (Å²) >= 11 is 1.36. The summed E-state index contributed by atoms with van der Waals surface area (Å²) in [4.78, 5) is 4.53. The van der Waals surface area contributed by atoms with Gasteiger partial charge in [0.05, 0.1) is 11.7 Å². The molecule has 0 aliphatic carbocycles. The molecule has 0 bridgehead atoms. The first kappa shape index (κ1) is 11.1. The number of rotatable bonds is 3. The van der Waals surface area contributed by atoms with Gasteiger partial charge in [-0.05, 0) is 24.6 Å². The maximum absolute atomic E-state index is 4.53. The van der Waals surface area contributed by atoms with E-state index in [1.807, 2.05) is 25.1 Å². The Morgan fingerprint density at radius 1 is 1.28 bits per heavy atom. The van der Waals surface area contributed by atoms with Crippen molar-refractivity contribution in [2.45, 2.75) is 13.5 Å². The Balaban J connectivity index is 1.95. The summed E-state index contributed by atoms with van der Waals surface area (Å²) in [5.74, 6) is 0. The first-order valence-corrected chi connectivity index (χ1v) is 6.47. The minimum Gasteiger partial charge on any atom is -0.370 e. The van der Waals surface area contributed by atoms with E-state index in [1.165, 1.54) is 22.5 Å². The van der Waals surface area contributed by atoms with Crippen LogP contribution >= 0.6 is 11.5 Å². The first-order valence-electron chi connectivity index (χ1n) is 5.69. The Labute approximate surface area is 109 Å². The van der Waals surface area contributed by atoms with Crippen LogP contribution in [0.2, 0.25) is 0 Å². The summed E-state index contributed by atoms with van der Waals surface area (Å²) in [5, 5.41) is 9.30. The quantitative estimate of drug-likeness (QED) is 0.782. The van der Waals surface area contributed by atoms with Crippen molar-refractivity contribution in [3.63, 3.8) is 0 Å². The normalized spacial score (nSPS) is 10.7. The van der Waals surface area contributed by atoms with E-state index in [0.29, 0.717) is 0 Å². The molecule has 18 heavy (non-hydrogen) atoms. The number of aryl methyl sites for hydroxylation is 1. The number of aromatic nitrogens is 3. The number of hydrogen-bond donors (Lipinski definition) is 1. The summed E-state index contributed by atoms with van der Waals surface area (Å²) in [6, 6.07) is 10.3.